The van der Waals surface area contributed by atoms with Crippen LogP contribution in [0.4, 0.5) is 4.39 Å². The monoisotopic (exact) mass is 347 g/mol. The van der Waals surface area contributed by atoms with Crippen molar-refractivity contribution < 1.29 is 14.3 Å². The molecular weight excluding hydrogens is 309 g/mol. The molecule has 0 aromatic heterocycles. The minimum Gasteiger partial charge on any atom is -0.481 e. The summed E-state index contributed by atoms with van der Waals surface area (Å²) in [5.41, 5.74) is 6.42. The number of carboxylic acids is 1. The number of hydrogen-bond acceptors (Lipinski definition) is 2. The number of aliphatic carboxylic acids is 1. The summed E-state index contributed by atoms with van der Waals surface area (Å²) in [4.78, 5) is 10.5. The van der Waals surface area contributed by atoms with E-state index in [-0.39, 0.29) is 18.6 Å². The topological polar surface area (TPSA) is 63.3 Å². The van der Waals surface area contributed by atoms with Gasteiger partial charge < -0.3 is 10.8 Å². The minimum absolute atomic E-state index is 0.183. The van der Waals surface area contributed by atoms with Crippen LogP contribution in [0.25, 0.3) is 0 Å². The summed E-state index contributed by atoms with van der Waals surface area (Å²) in [7, 11) is -0.978. The van der Waals surface area contributed by atoms with Crippen LogP contribution in [0.2, 0.25) is 25.7 Å². The molecule has 0 rings (SSSR count). The lowest BCUT2D eigenvalue weighted by molar-refractivity contribution is -0.137. The highest BCUT2D eigenvalue weighted by atomic mass is 28.3. The van der Waals surface area contributed by atoms with Crippen LogP contribution in [-0.2, 0) is 4.79 Å². The van der Waals surface area contributed by atoms with E-state index in [1.165, 1.54) is 12.5 Å². The van der Waals surface area contributed by atoms with E-state index in [1.54, 1.807) is 0 Å². The largest absolute Gasteiger partial charge is 0.481 e. The van der Waals surface area contributed by atoms with Crippen LogP contribution in [0.1, 0.15) is 70.6 Å². The predicted molar refractivity (Wildman–Crippen MR) is 99.5 cm³/mol. The lowest BCUT2D eigenvalue weighted by atomic mass is 9.83. The standard InChI is InChI=1S/C18H38FNO2Si/c1-23(2,3)16-10-8-14-18(20,13-7-9-15-19)12-6-4-5-11-17(21)22/h4-16,20H2,1-3H3,(H,21,22). The van der Waals surface area contributed by atoms with Crippen molar-refractivity contribution >= 4 is 14.0 Å². The van der Waals surface area contributed by atoms with Gasteiger partial charge in [-0.05, 0) is 38.5 Å². The average molecular weight is 348 g/mol. The smallest absolute Gasteiger partial charge is 0.303 e. The molecule has 0 aliphatic carbocycles. The summed E-state index contributed by atoms with van der Waals surface area (Å²) >= 11 is 0. The zero-order valence-electron chi connectivity index (χ0n) is 15.5. The van der Waals surface area contributed by atoms with Crippen LogP contribution in [0.15, 0.2) is 0 Å². The Morgan fingerprint density at radius 1 is 0.957 bits per heavy atom. The van der Waals surface area contributed by atoms with E-state index in [4.69, 9.17) is 10.8 Å². The maximum absolute atomic E-state index is 12.3. The number of unbranched alkanes of at least 4 members (excludes halogenated alkanes) is 4. The first-order valence-electron chi connectivity index (χ1n) is 9.25. The van der Waals surface area contributed by atoms with Crippen LogP contribution in [-0.4, -0.2) is 31.4 Å². The van der Waals surface area contributed by atoms with Crippen molar-refractivity contribution in [3.05, 3.63) is 0 Å². The van der Waals surface area contributed by atoms with Crippen molar-refractivity contribution in [2.45, 2.75) is 102 Å². The summed E-state index contributed by atoms with van der Waals surface area (Å²) in [6.45, 7) is 6.93. The van der Waals surface area contributed by atoms with Gasteiger partial charge in [0, 0.05) is 20.0 Å². The van der Waals surface area contributed by atoms with Gasteiger partial charge in [-0.15, -0.1) is 0 Å². The van der Waals surface area contributed by atoms with Gasteiger partial charge in [0.25, 0.3) is 0 Å². The fourth-order valence-electron chi connectivity index (χ4n) is 3.01. The average Bonchev–Trinajstić information content (AvgIpc) is 2.42. The number of alkyl halides is 1. The zero-order chi connectivity index (χ0) is 17.8. The SMILES string of the molecule is C[Si](C)(C)CCCCC(N)(CCCCF)CCCCCC(=O)O. The summed E-state index contributed by atoms with van der Waals surface area (Å²) in [5, 5.41) is 8.67. The van der Waals surface area contributed by atoms with Crippen LogP contribution >= 0.6 is 0 Å². The first-order valence-corrected chi connectivity index (χ1v) is 13.0. The van der Waals surface area contributed by atoms with E-state index in [0.717, 1.165) is 51.4 Å². The predicted octanol–water partition coefficient (Wildman–Crippen LogP) is 5.37. The Hall–Kier alpha value is -0.423. The molecule has 0 aromatic rings. The second-order valence-corrected chi connectivity index (χ2v) is 13.9. The summed E-state index contributed by atoms with van der Waals surface area (Å²) in [6, 6.07) is 1.34. The molecule has 0 radical (unpaired) electrons. The van der Waals surface area contributed by atoms with Crippen molar-refractivity contribution in [1.82, 2.24) is 0 Å². The molecule has 3 N–H and O–H groups in total. The van der Waals surface area contributed by atoms with Crippen molar-refractivity contribution in [3.8, 4) is 0 Å². The van der Waals surface area contributed by atoms with Crippen LogP contribution < -0.4 is 5.73 Å². The van der Waals surface area contributed by atoms with Gasteiger partial charge in [0.05, 0.1) is 6.67 Å². The van der Waals surface area contributed by atoms with Gasteiger partial charge in [-0.1, -0.05) is 51.4 Å². The molecule has 5 heteroatoms. The summed E-state index contributed by atoms with van der Waals surface area (Å²) in [6.07, 6.45) is 9.58. The molecule has 0 aliphatic rings. The van der Waals surface area contributed by atoms with Crippen molar-refractivity contribution in [2.24, 2.45) is 5.73 Å². The highest BCUT2D eigenvalue weighted by Crippen LogP contribution is 2.27. The second kappa shape index (κ2) is 12.0. The Morgan fingerprint density at radius 2 is 1.48 bits per heavy atom. The number of nitrogens with two attached hydrogens (primary N) is 1. The molecule has 0 aromatic carbocycles. The van der Waals surface area contributed by atoms with E-state index in [2.05, 4.69) is 19.6 Å². The Morgan fingerprint density at radius 3 is 1.96 bits per heavy atom. The Labute approximate surface area is 143 Å². The molecule has 0 aliphatic heterocycles. The van der Waals surface area contributed by atoms with Crippen LogP contribution in [0.5, 0.6) is 0 Å². The molecule has 0 saturated heterocycles. The lowest BCUT2D eigenvalue weighted by Crippen LogP contribution is -2.39. The molecule has 0 fully saturated rings. The molecule has 0 spiro atoms. The molecule has 1 unspecified atom stereocenters. The first-order chi connectivity index (χ1) is 10.7. The zero-order valence-corrected chi connectivity index (χ0v) is 16.5. The first kappa shape index (κ1) is 22.6. The van der Waals surface area contributed by atoms with Crippen molar-refractivity contribution in [1.29, 1.82) is 0 Å². The third kappa shape index (κ3) is 14.9. The fraction of sp³-hybridized carbons (Fsp3) is 0.944. The number of carboxylic acid groups (broad SMARTS) is 1. The Kier molecular flexibility index (Phi) is 11.8. The van der Waals surface area contributed by atoms with Crippen molar-refractivity contribution in [2.75, 3.05) is 6.67 Å². The Balaban J connectivity index is 4.14. The molecule has 0 saturated carbocycles. The quantitative estimate of drug-likeness (QED) is 0.309. The molecule has 138 valence electrons. The highest BCUT2D eigenvalue weighted by molar-refractivity contribution is 6.76. The van der Waals surface area contributed by atoms with Crippen molar-refractivity contribution in [3.63, 3.8) is 0 Å². The third-order valence-corrected chi connectivity index (χ3v) is 6.33. The van der Waals surface area contributed by atoms with E-state index in [1.807, 2.05) is 0 Å². The van der Waals surface area contributed by atoms with Crippen LogP contribution in [0, 0.1) is 0 Å². The summed E-state index contributed by atoms with van der Waals surface area (Å²) < 4.78 is 12.3. The maximum atomic E-state index is 12.3. The molecular formula is C18H38FNO2Si. The summed E-state index contributed by atoms with van der Waals surface area (Å²) in [5.74, 6) is -0.724. The number of hydrogen-bond donors (Lipinski definition) is 2. The van der Waals surface area contributed by atoms with E-state index >= 15 is 0 Å². The van der Waals surface area contributed by atoms with Gasteiger partial charge >= 0.3 is 5.97 Å². The number of halogens is 1. The van der Waals surface area contributed by atoms with Gasteiger partial charge in [-0.3, -0.25) is 9.18 Å². The van der Waals surface area contributed by atoms with E-state index in [9.17, 15) is 9.18 Å². The molecule has 0 bridgehead atoms. The third-order valence-electron chi connectivity index (χ3n) is 4.48. The maximum Gasteiger partial charge on any atom is 0.303 e. The molecule has 23 heavy (non-hydrogen) atoms. The van der Waals surface area contributed by atoms with E-state index < -0.39 is 14.0 Å². The molecule has 3 nitrogen and oxygen atoms in total. The minimum atomic E-state index is -0.978. The highest BCUT2D eigenvalue weighted by Gasteiger charge is 2.24. The van der Waals surface area contributed by atoms with Gasteiger partial charge in [0.2, 0.25) is 0 Å². The normalized spacial score (nSPS) is 14.7. The Bertz CT molecular complexity index is 321. The molecule has 0 heterocycles. The van der Waals surface area contributed by atoms with Gasteiger partial charge in [0.15, 0.2) is 0 Å². The molecule has 1 atom stereocenters. The second-order valence-electron chi connectivity index (χ2n) is 8.23. The van der Waals surface area contributed by atoms with Gasteiger partial charge in [0.1, 0.15) is 0 Å². The van der Waals surface area contributed by atoms with Crippen LogP contribution in [0.3, 0.4) is 0 Å². The fourth-order valence-corrected chi connectivity index (χ4v) is 4.32. The van der Waals surface area contributed by atoms with E-state index in [0.29, 0.717) is 6.42 Å². The number of carbonyl (C=O) groups is 1. The van der Waals surface area contributed by atoms with Gasteiger partial charge in [-0.2, -0.15) is 0 Å². The number of rotatable bonds is 15. The van der Waals surface area contributed by atoms with Gasteiger partial charge in [-0.25, -0.2) is 0 Å². The lowest BCUT2D eigenvalue weighted by Gasteiger charge is -2.30. The molecule has 0 amide bonds.